The molecular weight excluding hydrogens is 342 g/mol. The Morgan fingerprint density at radius 2 is 1.93 bits per heavy atom. The van der Waals surface area contributed by atoms with Gasteiger partial charge < -0.3 is 15.0 Å². The van der Waals surface area contributed by atoms with Gasteiger partial charge in [-0.05, 0) is 33.1 Å². The molecule has 2 N–H and O–H groups in total. The monoisotopic (exact) mass is 381 g/mol. The van der Waals surface area contributed by atoms with Crippen molar-refractivity contribution in [2.75, 3.05) is 0 Å². The predicted molar refractivity (Wildman–Crippen MR) is 107 cm³/mol. The molecule has 1 aromatic heterocycles. The van der Waals surface area contributed by atoms with Gasteiger partial charge in [-0.3, -0.25) is 4.79 Å². The minimum atomic E-state index is -0.485. The largest absolute Gasteiger partial charge is 0.460 e. The van der Waals surface area contributed by atoms with Crippen LogP contribution in [0.15, 0.2) is 4.52 Å². The number of carbonyl (C=O) groups excluding carboxylic acids is 1. The van der Waals surface area contributed by atoms with Crippen molar-refractivity contribution in [1.29, 1.82) is 0 Å². The second-order valence-corrected chi connectivity index (χ2v) is 8.18. The smallest absolute Gasteiger partial charge is 0.307 e. The van der Waals surface area contributed by atoms with Crippen LogP contribution in [0.5, 0.6) is 0 Å². The quantitative estimate of drug-likeness (QED) is 0.628. The lowest BCUT2D eigenvalue weighted by atomic mass is 9.84. The molecule has 27 heavy (non-hydrogen) atoms. The number of nitrogens with zero attached hydrogens (tertiary/aromatic N) is 2. The van der Waals surface area contributed by atoms with Gasteiger partial charge in [0.15, 0.2) is 5.82 Å². The van der Waals surface area contributed by atoms with E-state index in [2.05, 4.69) is 10.1 Å². The molecule has 0 aliphatic heterocycles. The molecule has 0 saturated heterocycles. The number of ether oxygens (including phenoxy) is 1. The van der Waals surface area contributed by atoms with Gasteiger partial charge in [0.05, 0.1) is 13.0 Å². The van der Waals surface area contributed by atoms with Crippen LogP contribution in [0.1, 0.15) is 110 Å². The third-order valence-electron chi connectivity index (χ3n) is 4.74. The van der Waals surface area contributed by atoms with Gasteiger partial charge in [0.2, 0.25) is 5.89 Å². The zero-order valence-corrected chi connectivity index (χ0v) is 17.9. The number of esters is 1. The summed E-state index contributed by atoms with van der Waals surface area (Å²) in [7, 11) is 0. The Hall–Kier alpha value is -1.43. The zero-order valence-electron chi connectivity index (χ0n) is 17.9. The highest BCUT2D eigenvalue weighted by Gasteiger charge is 2.26. The SMILES string of the molecule is CC.CC(C)(C)OC(=O)C[C@@H](CCCC1CCCCC1)c1nc(CN)no1. The number of aromatic nitrogens is 2. The van der Waals surface area contributed by atoms with E-state index in [1.807, 2.05) is 34.6 Å². The Balaban J connectivity index is 0.00000176. The molecule has 1 saturated carbocycles. The summed E-state index contributed by atoms with van der Waals surface area (Å²) in [6, 6.07) is 0. The Bertz CT molecular complexity index is 531. The van der Waals surface area contributed by atoms with Crippen LogP contribution in [0.3, 0.4) is 0 Å². The molecule has 0 aromatic carbocycles. The Kier molecular flexibility index (Phi) is 10.6. The molecule has 0 amide bonds. The normalized spacial score (nSPS) is 16.4. The molecule has 0 radical (unpaired) electrons. The van der Waals surface area contributed by atoms with Gasteiger partial charge in [-0.1, -0.05) is 63.9 Å². The molecule has 0 bridgehead atoms. The molecule has 1 atom stereocenters. The lowest BCUT2D eigenvalue weighted by Gasteiger charge is -2.23. The topological polar surface area (TPSA) is 91.2 Å². The van der Waals surface area contributed by atoms with E-state index in [-0.39, 0.29) is 24.9 Å². The second-order valence-electron chi connectivity index (χ2n) is 8.18. The average Bonchev–Trinajstić information content (AvgIpc) is 3.11. The fraction of sp³-hybridized carbons (Fsp3) is 0.857. The highest BCUT2D eigenvalue weighted by Crippen LogP contribution is 2.31. The third kappa shape index (κ3) is 9.36. The number of rotatable bonds is 8. The molecule has 156 valence electrons. The van der Waals surface area contributed by atoms with Crippen LogP contribution in [-0.2, 0) is 16.1 Å². The lowest BCUT2D eigenvalue weighted by Crippen LogP contribution is -2.25. The van der Waals surface area contributed by atoms with Crippen LogP contribution in [0.4, 0.5) is 0 Å². The van der Waals surface area contributed by atoms with E-state index < -0.39 is 5.60 Å². The van der Waals surface area contributed by atoms with E-state index >= 15 is 0 Å². The van der Waals surface area contributed by atoms with E-state index in [1.54, 1.807) is 0 Å². The summed E-state index contributed by atoms with van der Waals surface area (Å²) in [5, 5.41) is 3.87. The number of nitrogens with two attached hydrogens (primary N) is 1. The predicted octanol–water partition coefficient (Wildman–Crippen LogP) is 5.12. The first-order valence-corrected chi connectivity index (χ1v) is 10.6. The molecule has 0 spiro atoms. The van der Waals surface area contributed by atoms with E-state index in [1.165, 1.54) is 38.5 Å². The molecule has 1 heterocycles. The van der Waals surface area contributed by atoms with Crippen molar-refractivity contribution in [3.63, 3.8) is 0 Å². The summed E-state index contributed by atoms with van der Waals surface area (Å²) in [5.74, 6) is 1.51. The van der Waals surface area contributed by atoms with Crippen LogP contribution in [0.25, 0.3) is 0 Å². The van der Waals surface area contributed by atoms with Crippen LogP contribution in [-0.4, -0.2) is 21.7 Å². The number of carbonyl (C=O) groups is 1. The van der Waals surface area contributed by atoms with Crippen molar-refractivity contribution < 1.29 is 14.1 Å². The summed E-state index contributed by atoms with van der Waals surface area (Å²) < 4.78 is 10.8. The van der Waals surface area contributed by atoms with Crippen LogP contribution in [0, 0.1) is 5.92 Å². The second kappa shape index (κ2) is 12.1. The van der Waals surface area contributed by atoms with Gasteiger partial charge >= 0.3 is 5.97 Å². The summed E-state index contributed by atoms with van der Waals surface area (Å²) in [6.45, 7) is 9.87. The van der Waals surface area contributed by atoms with Gasteiger partial charge in [-0.25, -0.2) is 0 Å². The van der Waals surface area contributed by atoms with Crippen LogP contribution < -0.4 is 5.73 Å². The van der Waals surface area contributed by atoms with Crippen molar-refractivity contribution >= 4 is 5.97 Å². The summed E-state index contributed by atoms with van der Waals surface area (Å²) in [4.78, 5) is 16.6. The minimum Gasteiger partial charge on any atom is -0.460 e. The maximum atomic E-state index is 12.2. The van der Waals surface area contributed by atoms with Crippen molar-refractivity contribution in [3.8, 4) is 0 Å². The van der Waals surface area contributed by atoms with Gasteiger partial charge in [0, 0.05) is 5.92 Å². The highest BCUT2D eigenvalue weighted by atomic mass is 16.6. The maximum Gasteiger partial charge on any atom is 0.307 e. The van der Waals surface area contributed by atoms with E-state index in [9.17, 15) is 4.79 Å². The molecule has 2 rings (SSSR count). The van der Waals surface area contributed by atoms with Crippen LogP contribution in [0.2, 0.25) is 0 Å². The fourth-order valence-electron chi connectivity index (χ4n) is 3.54. The number of hydrogen-bond donors (Lipinski definition) is 1. The zero-order chi connectivity index (χ0) is 20.3. The van der Waals surface area contributed by atoms with Gasteiger partial charge in [-0.15, -0.1) is 0 Å². The van der Waals surface area contributed by atoms with Crippen molar-refractivity contribution in [3.05, 3.63) is 11.7 Å². The molecule has 6 heteroatoms. The molecule has 0 unspecified atom stereocenters. The molecule has 1 aliphatic carbocycles. The summed E-state index contributed by atoms with van der Waals surface area (Å²) >= 11 is 0. The number of hydrogen-bond acceptors (Lipinski definition) is 6. The van der Waals surface area contributed by atoms with Crippen molar-refractivity contribution in [1.82, 2.24) is 10.1 Å². The molecule has 1 aliphatic rings. The first-order valence-electron chi connectivity index (χ1n) is 10.6. The van der Waals surface area contributed by atoms with E-state index in [0.29, 0.717) is 11.7 Å². The standard InChI is InChI=1S/C19H33N3O3.C2H6/c1-19(2,3)24-17(23)12-15(18-21-16(13-20)22-25-18)11-7-10-14-8-5-4-6-9-14;1-2/h14-15H,4-13,20H2,1-3H3;1-2H3/t15-;/m1./s1. The minimum absolute atomic E-state index is 0.0914. The van der Waals surface area contributed by atoms with E-state index in [4.69, 9.17) is 15.0 Å². The maximum absolute atomic E-state index is 12.2. The highest BCUT2D eigenvalue weighted by molar-refractivity contribution is 5.70. The van der Waals surface area contributed by atoms with Gasteiger partial charge in [0.25, 0.3) is 0 Å². The average molecular weight is 382 g/mol. The van der Waals surface area contributed by atoms with Crippen molar-refractivity contribution in [2.45, 2.75) is 110 Å². The van der Waals surface area contributed by atoms with Gasteiger partial charge in [-0.2, -0.15) is 4.98 Å². The lowest BCUT2D eigenvalue weighted by molar-refractivity contribution is -0.155. The first-order chi connectivity index (χ1) is 12.9. The molecule has 1 fully saturated rings. The Morgan fingerprint density at radius 1 is 1.26 bits per heavy atom. The summed E-state index contributed by atoms with van der Waals surface area (Å²) in [5.41, 5.74) is 5.08. The first kappa shape index (κ1) is 23.6. The fourth-order valence-corrected chi connectivity index (χ4v) is 3.54. The Morgan fingerprint density at radius 3 is 2.48 bits per heavy atom. The van der Waals surface area contributed by atoms with E-state index in [0.717, 1.165) is 18.8 Å². The van der Waals surface area contributed by atoms with Gasteiger partial charge in [0.1, 0.15) is 5.60 Å². The van der Waals surface area contributed by atoms with Crippen LogP contribution >= 0.6 is 0 Å². The van der Waals surface area contributed by atoms with Crippen molar-refractivity contribution in [2.24, 2.45) is 11.7 Å². The molecular formula is C21H39N3O3. The molecule has 1 aromatic rings. The summed E-state index contributed by atoms with van der Waals surface area (Å²) in [6.07, 6.45) is 10.2. The molecule has 6 nitrogen and oxygen atoms in total. The third-order valence-corrected chi connectivity index (χ3v) is 4.74. The Labute approximate surface area is 164 Å².